The number of nitrogens with one attached hydrogen (secondary N) is 2. The van der Waals surface area contributed by atoms with Crippen LogP contribution in [0.3, 0.4) is 0 Å². The first-order valence-electron chi connectivity index (χ1n) is 10.3. The van der Waals surface area contributed by atoms with Gasteiger partial charge in [0.1, 0.15) is 0 Å². The molecule has 0 saturated heterocycles. The van der Waals surface area contributed by atoms with Crippen LogP contribution in [0.25, 0.3) is 0 Å². The molecule has 10 nitrogen and oxygen atoms in total. The number of hydrogen-bond acceptors (Lipinski definition) is 5. The summed E-state index contributed by atoms with van der Waals surface area (Å²) in [5.41, 5.74) is 6.83. The Bertz CT molecular complexity index is 782. The minimum atomic E-state index is -5.08. The highest BCUT2D eigenvalue weighted by atomic mass is 19.4. The van der Waals surface area contributed by atoms with Gasteiger partial charge in [0.05, 0.1) is 6.33 Å². The summed E-state index contributed by atoms with van der Waals surface area (Å²) in [7, 11) is 0. The Labute approximate surface area is 196 Å². The van der Waals surface area contributed by atoms with Gasteiger partial charge in [0.2, 0.25) is 5.91 Å². The van der Waals surface area contributed by atoms with Gasteiger partial charge in [-0.2, -0.15) is 26.3 Å². The van der Waals surface area contributed by atoms with Crippen LogP contribution in [0.4, 0.5) is 26.3 Å². The normalized spacial score (nSPS) is 14.6. The molecule has 35 heavy (non-hydrogen) atoms. The Morgan fingerprint density at radius 2 is 1.57 bits per heavy atom. The smallest absolute Gasteiger partial charge is 0.475 e. The lowest BCUT2D eigenvalue weighted by molar-refractivity contribution is -0.193. The summed E-state index contributed by atoms with van der Waals surface area (Å²) in [5.74, 6) is -4.76. The molecule has 0 spiro atoms. The van der Waals surface area contributed by atoms with E-state index in [1.165, 1.54) is 19.3 Å². The molecule has 16 heteroatoms. The highest BCUT2D eigenvalue weighted by Gasteiger charge is 2.38. The van der Waals surface area contributed by atoms with Crippen LogP contribution in [-0.2, 0) is 20.8 Å². The van der Waals surface area contributed by atoms with Crippen molar-refractivity contribution in [1.82, 2.24) is 15.3 Å². The molecule has 1 saturated carbocycles. The second kappa shape index (κ2) is 15.5. The fraction of sp³-hybridized carbons (Fsp3) is 0.632. The first kappa shape index (κ1) is 31.7. The summed E-state index contributed by atoms with van der Waals surface area (Å²) in [5, 5.41) is 16.9. The topological polar surface area (TPSA) is 171 Å². The third kappa shape index (κ3) is 16.9. The van der Waals surface area contributed by atoms with Crippen molar-refractivity contribution in [2.24, 2.45) is 16.6 Å². The van der Waals surface area contributed by atoms with E-state index in [-0.39, 0.29) is 11.9 Å². The van der Waals surface area contributed by atoms with Gasteiger partial charge in [-0.3, -0.25) is 15.1 Å². The molecule has 2 rings (SSSR count). The van der Waals surface area contributed by atoms with Gasteiger partial charge in [0.25, 0.3) is 0 Å². The molecule has 0 atom stereocenters. The number of carboxylic acids is 2. The summed E-state index contributed by atoms with van der Waals surface area (Å²) in [6, 6.07) is 0. The molecular formula is C19H27F6N5O5. The van der Waals surface area contributed by atoms with E-state index >= 15 is 0 Å². The molecule has 0 bridgehead atoms. The van der Waals surface area contributed by atoms with Gasteiger partial charge in [-0.15, -0.1) is 0 Å². The number of carbonyl (C=O) groups is 3. The zero-order valence-electron chi connectivity index (χ0n) is 18.5. The first-order chi connectivity index (χ1) is 16.1. The average Bonchev–Trinajstić information content (AvgIpc) is 3.25. The molecule has 1 amide bonds. The van der Waals surface area contributed by atoms with Crippen LogP contribution in [0, 0.1) is 5.92 Å². The molecule has 1 heterocycles. The maximum Gasteiger partial charge on any atom is 0.490 e. The first-order valence-corrected chi connectivity index (χ1v) is 10.3. The van der Waals surface area contributed by atoms with Crippen LogP contribution in [0.1, 0.15) is 50.6 Å². The maximum absolute atomic E-state index is 11.9. The number of aryl methyl sites for hydroxylation is 1. The number of amides is 1. The van der Waals surface area contributed by atoms with E-state index < -0.39 is 24.3 Å². The van der Waals surface area contributed by atoms with Crippen molar-refractivity contribution in [3.8, 4) is 0 Å². The SMILES string of the molecule is NC(=NCCCc1cnc[nH]1)NC(=O)CC1CCCCC1.O=C(O)C(F)(F)F.O=C(O)C(F)(F)F. The second-order valence-corrected chi connectivity index (χ2v) is 7.31. The summed E-state index contributed by atoms with van der Waals surface area (Å²) >= 11 is 0. The summed E-state index contributed by atoms with van der Waals surface area (Å²) in [6.07, 6.45) is 1.75. The Kier molecular flexibility index (Phi) is 14.1. The highest BCUT2D eigenvalue weighted by Crippen LogP contribution is 2.26. The van der Waals surface area contributed by atoms with Gasteiger partial charge in [-0.05, 0) is 31.6 Å². The number of aromatic nitrogens is 2. The van der Waals surface area contributed by atoms with E-state index in [1.807, 2.05) is 0 Å². The molecule has 0 unspecified atom stereocenters. The Balaban J connectivity index is 0.000000680. The quantitative estimate of drug-likeness (QED) is 0.166. The number of guanidine groups is 1. The fourth-order valence-electron chi connectivity index (χ4n) is 2.78. The zero-order valence-corrected chi connectivity index (χ0v) is 18.5. The number of hydrogen-bond donors (Lipinski definition) is 5. The van der Waals surface area contributed by atoms with Gasteiger partial charge in [0.15, 0.2) is 5.96 Å². The summed E-state index contributed by atoms with van der Waals surface area (Å²) in [6.45, 7) is 0.606. The summed E-state index contributed by atoms with van der Waals surface area (Å²) in [4.78, 5) is 40.8. The molecule has 6 N–H and O–H groups in total. The fourth-order valence-corrected chi connectivity index (χ4v) is 2.78. The maximum atomic E-state index is 11.9. The van der Waals surface area contributed by atoms with E-state index in [4.69, 9.17) is 25.5 Å². The number of rotatable bonds is 6. The number of nitrogens with zero attached hydrogens (tertiary/aromatic N) is 2. The number of halogens is 6. The molecule has 0 aromatic carbocycles. The minimum absolute atomic E-state index is 0.00304. The van der Waals surface area contributed by atoms with Crippen molar-refractivity contribution in [2.75, 3.05) is 6.54 Å². The number of carboxylic acid groups (broad SMARTS) is 2. The molecule has 200 valence electrons. The van der Waals surface area contributed by atoms with Crippen LogP contribution in [0.15, 0.2) is 17.5 Å². The number of aliphatic imine (C=N–C) groups is 1. The van der Waals surface area contributed by atoms with E-state index in [1.54, 1.807) is 12.5 Å². The molecule has 1 fully saturated rings. The lowest BCUT2D eigenvalue weighted by atomic mass is 9.87. The monoisotopic (exact) mass is 519 g/mol. The Hall–Kier alpha value is -3.33. The molecule has 1 aliphatic carbocycles. The third-order valence-corrected chi connectivity index (χ3v) is 4.39. The molecule has 1 aliphatic rings. The molecule has 0 aliphatic heterocycles. The van der Waals surface area contributed by atoms with Crippen LogP contribution in [0.2, 0.25) is 0 Å². The number of aromatic amines is 1. The van der Waals surface area contributed by atoms with E-state index in [9.17, 15) is 31.1 Å². The number of carbonyl (C=O) groups excluding carboxylic acids is 1. The van der Waals surface area contributed by atoms with E-state index in [0.717, 1.165) is 31.4 Å². The van der Waals surface area contributed by atoms with Crippen molar-refractivity contribution in [3.63, 3.8) is 0 Å². The predicted molar refractivity (Wildman–Crippen MR) is 110 cm³/mol. The van der Waals surface area contributed by atoms with Crippen molar-refractivity contribution in [3.05, 3.63) is 18.2 Å². The van der Waals surface area contributed by atoms with Gasteiger partial charge in [0, 0.05) is 24.9 Å². The predicted octanol–water partition coefficient (Wildman–Crippen LogP) is 3.01. The van der Waals surface area contributed by atoms with Crippen molar-refractivity contribution >= 4 is 23.8 Å². The van der Waals surface area contributed by atoms with Gasteiger partial charge >= 0.3 is 24.3 Å². The van der Waals surface area contributed by atoms with Gasteiger partial charge in [-0.25, -0.2) is 14.6 Å². The Morgan fingerprint density at radius 3 is 2.00 bits per heavy atom. The highest BCUT2D eigenvalue weighted by molar-refractivity contribution is 5.96. The Morgan fingerprint density at radius 1 is 1.06 bits per heavy atom. The standard InChI is InChI=1S/C15H25N5O.2C2HF3O2/c16-15(18-8-4-7-13-10-17-11-19-13)20-14(21)9-12-5-2-1-3-6-12;2*3-2(4,5)1(6)7/h10-12H,1-9H2,(H,17,19)(H3,16,18,20,21);2*(H,6,7). The van der Waals surface area contributed by atoms with Crippen molar-refractivity contribution in [2.45, 2.75) is 63.7 Å². The lowest BCUT2D eigenvalue weighted by Crippen LogP contribution is -2.38. The van der Waals surface area contributed by atoms with E-state index in [0.29, 0.717) is 18.9 Å². The number of aliphatic carboxylic acids is 2. The van der Waals surface area contributed by atoms with Gasteiger partial charge in [-0.1, -0.05) is 19.3 Å². The second-order valence-electron chi connectivity index (χ2n) is 7.31. The minimum Gasteiger partial charge on any atom is -0.475 e. The number of H-pyrrole nitrogens is 1. The molecular weight excluding hydrogens is 492 g/mol. The summed E-state index contributed by atoms with van der Waals surface area (Å²) < 4.78 is 63.5. The molecule has 1 aromatic rings. The van der Waals surface area contributed by atoms with Crippen LogP contribution in [0.5, 0.6) is 0 Å². The number of imidazole rings is 1. The average molecular weight is 519 g/mol. The van der Waals surface area contributed by atoms with Crippen molar-refractivity contribution in [1.29, 1.82) is 0 Å². The molecule has 0 radical (unpaired) electrons. The van der Waals surface area contributed by atoms with Crippen LogP contribution < -0.4 is 11.1 Å². The number of alkyl halides is 6. The zero-order chi connectivity index (χ0) is 27.1. The van der Waals surface area contributed by atoms with E-state index in [2.05, 4.69) is 20.3 Å². The largest absolute Gasteiger partial charge is 0.490 e. The lowest BCUT2D eigenvalue weighted by Gasteiger charge is -2.20. The van der Waals surface area contributed by atoms with Crippen LogP contribution in [-0.4, -0.2) is 62.9 Å². The number of nitrogens with two attached hydrogens (primary N) is 1. The molecule has 1 aromatic heterocycles. The van der Waals surface area contributed by atoms with Gasteiger partial charge < -0.3 is 20.9 Å². The third-order valence-electron chi connectivity index (χ3n) is 4.39. The van der Waals surface area contributed by atoms with Crippen molar-refractivity contribution < 1.29 is 50.9 Å². The van der Waals surface area contributed by atoms with Crippen LogP contribution >= 0.6 is 0 Å².